The zero-order chi connectivity index (χ0) is 3.54. The molecule has 3 heteroatoms. The van der Waals surface area contributed by atoms with Gasteiger partial charge in [-0.15, -0.1) is 0 Å². The quantitative estimate of drug-likeness (QED) is 0.392. The average Bonchev–Trinajstić information content (AvgIpc) is 1.76. The average molecular weight is 160 g/mol. The van der Waals surface area contributed by atoms with Gasteiger partial charge in [0.1, 0.15) is 0 Å². The SMILES string of the molecule is C1=CSSC1.[Fe]. The normalized spacial score (nSPS) is 17.3. The van der Waals surface area contributed by atoms with E-state index in [1.807, 2.05) is 21.6 Å². The fraction of sp³-hybridized carbons (Fsp3) is 0.333. The van der Waals surface area contributed by atoms with E-state index >= 15 is 0 Å². The van der Waals surface area contributed by atoms with Crippen molar-refractivity contribution in [1.29, 1.82) is 0 Å². The molecule has 0 bridgehead atoms. The van der Waals surface area contributed by atoms with Gasteiger partial charge in [-0.2, -0.15) is 0 Å². The summed E-state index contributed by atoms with van der Waals surface area (Å²) < 4.78 is 0. The third-order valence-electron chi connectivity index (χ3n) is 0.384. The van der Waals surface area contributed by atoms with Gasteiger partial charge in [0.25, 0.3) is 0 Å². The van der Waals surface area contributed by atoms with Gasteiger partial charge < -0.3 is 0 Å². The van der Waals surface area contributed by atoms with E-state index in [2.05, 4.69) is 11.5 Å². The van der Waals surface area contributed by atoms with E-state index < -0.39 is 0 Å². The minimum atomic E-state index is 0. The summed E-state index contributed by atoms with van der Waals surface area (Å²) in [5, 5.41) is 2.12. The van der Waals surface area contributed by atoms with E-state index in [0.29, 0.717) is 0 Å². The number of hydrogen-bond donors (Lipinski definition) is 0. The van der Waals surface area contributed by atoms with Crippen molar-refractivity contribution in [2.45, 2.75) is 0 Å². The van der Waals surface area contributed by atoms with E-state index in [-0.39, 0.29) is 17.1 Å². The summed E-state index contributed by atoms with van der Waals surface area (Å²) in [6, 6.07) is 0. The molecular formula is C3H4FeS2. The Bertz CT molecular complexity index is 46.8. The maximum atomic E-state index is 2.16. The molecule has 0 aliphatic carbocycles. The van der Waals surface area contributed by atoms with Crippen molar-refractivity contribution in [3.63, 3.8) is 0 Å². The summed E-state index contributed by atoms with van der Waals surface area (Å²) in [6.45, 7) is 0. The van der Waals surface area contributed by atoms with Crippen LogP contribution in [0.4, 0.5) is 0 Å². The predicted molar refractivity (Wildman–Crippen MR) is 29.2 cm³/mol. The molecule has 0 amide bonds. The fourth-order valence-corrected chi connectivity index (χ4v) is 1.77. The van der Waals surface area contributed by atoms with Crippen molar-refractivity contribution in [2.24, 2.45) is 0 Å². The van der Waals surface area contributed by atoms with Gasteiger partial charge in [0.15, 0.2) is 0 Å². The first-order valence-electron chi connectivity index (χ1n) is 1.43. The molecule has 0 spiro atoms. The monoisotopic (exact) mass is 160 g/mol. The van der Waals surface area contributed by atoms with Crippen LogP contribution < -0.4 is 0 Å². The predicted octanol–water partition coefficient (Wildman–Crippen LogP) is 1.89. The molecule has 0 aromatic carbocycles. The fourth-order valence-electron chi connectivity index (χ4n) is 0.196. The smallest absolute Gasteiger partial charge is 0.0229 e. The van der Waals surface area contributed by atoms with Crippen molar-refractivity contribution in [3.8, 4) is 0 Å². The molecule has 1 aliphatic rings. The van der Waals surface area contributed by atoms with Crippen LogP contribution in [-0.4, -0.2) is 5.75 Å². The standard InChI is InChI=1S/C3H4S2.Fe/c1-2-4-5-3-1;/h1-2H,3H2;. The summed E-state index contributed by atoms with van der Waals surface area (Å²) in [6.07, 6.45) is 2.16. The van der Waals surface area contributed by atoms with Crippen LogP contribution in [0.2, 0.25) is 0 Å². The molecule has 0 radical (unpaired) electrons. The van der Waals surface area contributed by atoms with E-state index in [9.17, 15) is 0 Å². The molecule has 0 aromatic rings. The summed E-state index contributed by atoms with van der Waals surface area (Å²) in [5.74, 6) is 1.20. The summed E-state index contributed by atoms with van der Waals surface area (Å²) in [4.78, 5) is 0. The Hall–Kier alpha value is 0.959. The van der Waals surface area contributed by atoms with E-state index in [1.54, 1.807) is 0 Å². The van der Waals surface area contributed by atoms with Crippen molar-refractivity contribution in [2.75, 3.05) is 5.75 Å². The molecule has 0 saturated heterocycles. The van der Waals surface area contributed by atoms with Crippen molar-refractivity contribution < 1.29 is 17.1 Å². The van der Waals surface area contributed by atoms with Crippen molar-refractivity contribution in [3.05, 3.63) is 11.5 Å². The van der Waals surface area contributed by atoms with E-state index in [0.717, 1.165) is 0 Å². The van der Waals surface area contributed by atoms with Crippen LogP contribution in [0.3, 0.4) is 0 Å². The number of hydrogen-bond acceptors (Lipinski definition) is 2. The Morgan fingerprint density at radius 2 is 2.33 bits per heavy atom. The van der Waals surface area contributed by atoms with E-state index in [1.165, 1.54) is 5.75 Å². The van der Waals surface area contributed by atoms with Crippen LogP contribution in [0.15, 0.2) is 11.5 Å². The number of rotatable bonds is 0. The van der Waals surface area contributed by atoms with Crippen LogP contribution in [0.1, 0.15) is 0 Å². The van der Waals surface area contributed by atoms with Gasteiger partial charge in [0, 0.05) is 22.8 Å². The van der Waals surface area contributed by atoms with Crippen LogP contribution in [0.5, 0.6) is 0 Å². The Morgan fingerprint density at radius 1 is 1.50 bits per heavy atom. The van der Waals surface area contributed by atoms with E-state index in [4.69, 9.17) is 0 Å². The summed E-state index contributed by atoms with van der Waals surface area (Å²) in [5.41, 5.74) is 0. The first-order valence-corrected chi connectivity index (χ1v) is 3.81. The Labute approximate surface area is 56.0 Å². The maximum absolute atomic E-state index is 2.16. The third-order valence-corrected chi connectivity index (χ3v) is 2.30. The van der Waals surface area contributed by atoms with Gasteiger partial charge in [-0.1, -0.05) is 27.7 Å². The molecule has 1 aliphatic heterocycles. The van der Waals surface area contributed by atoms with Gasteiger partial charge in [0.05, 0.1) is 0 Å². The summed E-state index contributed by atoms with van der Waals surface area (Å²) in [7, 11) is 3.69. The Morgan fingerprint density at radius 3 is 2.50 bits per heavy atom. The molecule has 0 N–H and O–H groups in total. The molecule has 36 valence electrons. The van der Waals surface area contributed by atoms with Gasteiger partial charge in [0.2, 0.25) is 0 Å². The summed E-state index contributed by atoms with van der Waals surface area (Å²) >= 11 is 0. The first-order chi connectivity index (χ1) is 2.50. The zero-order valence-electron chi connectivity index (χ0n) is 3.03. The van der Waals surface area contributed by atoms with Crippen LogP contribution in [-0.2, 0) is 17.1 Å². The minimum absolute atomic E-state index is 0. The molecule has 0 fully saturated rings. The van der Waals surface area contributed by atoms with Gasteiger partial charge in [-0.25, -0.2) is 0 Å². The third kappa shape index (κ3) is 2.19. The maximum Gasteiger partial charge on any atom is 0.0229 e. The first kappa shape index (κ1) is 6.96. The molecule has 1 heterocycles. The molecule has 1 rings (SSSR count). The Kier molecular flexibility index (Phi) is 4.79. The second-order valence-corrected chi connectivity index (χ2v) is 3.07. The van der Waals surface area contributed by atoms with Gasteiger partial charge in [-0.05, 0) is 5.41 Å². The topological polar surface area (TPSA) is 0 Å². The van der Waals surface area contributed by atoms with Crippen LogP contribution in [0, 0.1) is 0 Å². The van der Waals surface area contributed by atoms with Crippen LogP contribution in [0.25, 0.3) is 0 Å². The Balaban J connectivity index is 0.000000250. The molecule has 0 saturated carbocycles. The molecule has 6 heavy (non-hydrogen) atoms. The molecule has 0 atom stereocenters. The molecule has 0 unspecified atom stereocenters. The second-order valence-electron chi connectivity index (χ2n) is 0.753. The largest absolute Gasteiger partial charge is 0.0854 e. The van der Waals surface area contributed by atoms with Gasteiger partial charge >= 0.3 is 0 Å². The van der Waals surface area contributed by atoms with Gasteiger partial charge in [-0.3, -0.25) is 0 Å². The molecule has 0 aromatic heterocycles. The zero-order valence-corrected chi connectivity index (χ0v) is 5.77. The van der Waals surface area contributed by atoms with Crippen molar-refractivity contribution >= 4 is 21.6 Å². The molecular weight excluding hydrogens is 156 g/mol. The molecule has 0 nitrogen and oxygen atoms in total. The second kappa shape index (κ2) is 4.13. The minimum Gasteiger partial charge on any atom is -0.0854 e. The van der Waals surface area contributed by atoms with Crippen LogP contribution >= 0.6 is 21.6 Å². The van der Waals surface area contributed by atoms with Crippen molar-refractivity contribution in [1.82, 2.24) is 0 Å².